The van der Waals surface area contributed by atoms with E-state index in [-0.39, 0.29) is 11.9 Å². The molecule has 0 saturated heterocycles. The van der Waals surface area contributed by atoms with E-state index in [9.17, 15) is 9.90 Å². The molecule has 0 bridgehead atoms. The second-order valence-corrected chi connectivity index (χ2v) is 5.35. The van der Waals surface area contributed by atoms with Gasteiger partial charge in [0, 0.05) is 5.56 Å². The highest BCUT2D eigenvalue weighted by Gasteiger charge is 2.20. The summed E-state index contributed by atoms with van der Waals surface area (Å²) < 4.78 is 5.27. The van der Waals surface area contributed by atoms with Gasteiger partial charge >= 0.3 is 5.97 Å². The molecule has 1 heterocycles. The zero-order chi connectivity index (χ0) is 13.8. The summed E-state index contributed by atoms with van der Waals surface area (Å²) in [6.07, 6.45) is 3.82. The summed E-state index contributed by atoms with van der Waals surface area (Å²) in [5, 5.41) is 21.8. The predicted molar refractivity (Wildman–Crippen MR) is 70.1 cm³/mol. The van der Waals surface area contributed by atoms with Gasteiger partial charge in [0.25, 0.3) is 0 Å². The normalized spacial score (nSPS) is 23.5. The fraction of sp³-hybridized carbons (Fsp3) is 0.643. The van der Waals surface area contributed by atoms with Gasteiger partial charge in [-0.25, -0.2) is 4.79 Å². The average molecular weight is 267 g/mol. The third-order valence-electron chi connectivity index (χ3n) is 3.65. The van der Waals surface area contributed by atoms with Gasteiger partial charge in [-0.3, -0.25) is 0 Å². The van der Waals surface area contributed by atoms with Gasteiger partial charge in [0.05, 0.1) is 12.6 Å². The second kappa shape index (κ2) is 6.21. The molecule has 1 aliphatic carbocycles. The minimum atomic E-state index is -1.03. The van der Waals surface area contributed by atoms with Crippen molar-refractivity contribution in [3.63, 3.8) is 0 Å². The molecule has 2 atom stereocenters. The van der Waals surface area contributed by atoms with Crippen LogP contribution in [0.5, 0.6) is 0 Å². The highest BCUT2D eigenvalue weighted by molar-refractivity contribution is 5.86. The van der Waals surface area contributed by atoms with Gasteiger partial charge < -0.3 is 19.9 Å². The van der Waals surface area contributed by atoms with E-state index in [1.807, 2.05) is 0 Å². The molecule has 5 nitrogen and oxygen atoms in total. The molecule has 0 radical (unpaired) electrons. The number of aryl methyl sites for hydroxylation is 1. The number of nitrogens with one attached hydrogen (secondary N) is 1. The third-order valence-corrected chi connectivity index (χ3v) is 3.65. The molecule has 0 aliphatic heterocycles. The van der Waals surface area contributed by atoms with E-state index in [0.29, 0.717) is 23.8 Å². The minimum absolute atomic E-state index is 0.0184. The van der Waals surface area contributed by atoms with Gasteiger partial charge in [-0.05, 0) is 44.7 Å². The van der Waals surface area contributed by atoms with Crippen LogP contribution in [0.2, 0.25) is 0 Å². The lowest BCUT2D eigenvalue weighted by molar-refractivity contribution is 0.0658. The summed E-state index contributed by atoms with van der Waals surface area (Å²) in [6.45, 7) is 3.09. The molecule has 1 aromatic heterocycles. The van der Waals surface area contributed by atoms with Crippen molar-refractivity contribution in [1.82, 2.24) is 5.32 Å². The molecule has 1 saturated carbocycles. The Balaban J connectivity index is 1.79. The summed E-state index contributed by atoms with van der Waals surface area (Å²) in [5.74, 6) is 0.133. The SMILES string of the molecule is Cc1cc(CNCC2CCCC(O)C2)oc1C(=O)O. The summed E-state index contributed by atoms with van der Waals surface area (Å²) in [4.78, 5) is 10.9. The summed E-state index contributed by atoms with van der Waals surface area (Å²) in [7, 11) is 0. The Morgan fingerprint density at radius 3 is 2.95 bits per heavy atom. The monoisotopic (exact) mass is 267 g/mol. The lowest BCUT2D eigenvalue weighted by Gasteiger charge is -2.25. The summed E-state index contributed by atoms with van der Waals surface area (Å²) in [6, 6.07) is 1.76. The van der Waals surface area contributed by atoms with Gasteiger partial charge in [-0.15, -0.1) is 0 Å². The van der Waals surface area contributed by atoms with Crippen molar-refractivity contribution in [2.45, 2.75) is 45.3 Å². The highest BCUT2D eigenvalue weighted by Crippen LogP contribution is 2.23. The van der Waals surface area contributed by atoms with E-state index in [2.05, 4.69) is 5.32 Å². The van der Waals surface area contributed by atoms with E-state index in [1.165, 1.54) is 0 Å². The van der Waals surface area contributed by atoms with E-state index in [4.69, 9.17) is 9.52 Å². The van der Waals surface area contributed by atoms with Crippen LogP contribution >= 0.6 is 0 Å². The fourth-order valence-corrected chi connectivity index (χ4v) is 2.70. The number of rotatable bonds is 5. The molecule has 2 rings (SSSR count). The van der Waals surface area contributed by atoms with E-state index >= 15 is 0 Å². The molecular weight excluding hydrogens is 246 g/mol. The summed E-state index contributed by atoms with van der Waals surface area (Å²) in [5.41, 5.74) is 0.650. The Morgan fingerprint density at radius 1 is 1.53 bits per heavy atom. The van der Waals surface area contributed by atoms with Gasteiger partial charge in [0.15, 0.2) is 0 Å². The Kier molecular flexibility index (Phi) is 4.61. The molecule has 19 heavy (non-hydrogen) atoms. The first-order chi connectivity index (χ1) is 9.06. The van der Waals surface area contributed by atoms with Crippen LogP contribution in [0.3, 0.4) is 0 Å². The number of hydrogen-bond donors (Lipinski definition) is 3. The Labute approximate surface area is 112 Å². The molecule has 1 fully saturated rings. The molecule has 2 unspecified atom stereocenters. The van der Waals surface area contributed by atoms with Gasteiger partial charge in [0.1, 0.15) is 5.76 Å². The lowest BCUT2D eigenvalue weighted by atomic mass is 9.87. The number of carbonyl (C=O) groups is 1. The van der Waals surface area contributed by atoms with Crippen molar-refractivity contribution in [1.29, 1.82) is 0 Å². The average Bonchev–Trinajstić information content (AvgIpc) is 2.71. The quantitative estimate of drug-likeness (QED) is 0.759. The number of aliphatic hydroxyl groups is 1. The zero-order valence-electron chi connectivity index (χ0n) is 11.2. The van der Waals surface area contributed by atoms with Gasteiger partial charge in [0.2, 0.25) is 5.76 Å². The molecule has 0 spiro atoms. The molecule has 106 valence electrons. The van der Waals surface area contributed by atoms with Crippen LogP contribution in [-0.2, 0) is 6.54 Å². The number of carboxylic acids is 1. The van der Waals surface area contributed by atoms with Crippen LogP contribution in [0.15, 0.2) is 10.5 Å². The van der Waals surface area contributed by atoms with Crippen LogP contribution in [0.1, 0.15) is 47.6 Å². The topological polar surface area (TPSA) is 82.7 Å². The maximum absolute atomic E-state index is 10.9. The second-order valence-electron chi connectivity index (χ2n) is 5.35. The zero-order valence-corrected chi connectivity index (χ0v) is 11.2. The van der Waals surface area contributed by atoms with Crippen molar-refractivity contribution >= 4 is 5.97 Å². The Morgan fingerprint density at radius 2 is 2.32 bits per heavy atom. The van der Waals surface area contributed by atoms with Crippen LogP contribution in [0.4, 0.5) is 0 Å². The smallest absolute Gasteiger partial charge is 0.372 e. The van der Waals surface area contributed by atoms with Gasteiger partial charge in [-0.2, -0.15) is 0 Å². The number of furan rings is 1. The maximum Gasteiger partial charge on any atom is 0.372 e. The summed E-state index contributed by atoms with van der Waals surface area (Å²) >= 11 is 0. The molecule has 5 heteroatoms. The first-order valence-electron chi connectivity index (χ1n) is 6.77. The third kappa shape index (κ3) is 3.81. The van der Waals surface area contributed by atoms with Crippen molar-refractivity contribution in [3.8, 4) is 0 Å². The molecule has 0 aromatic carbocycles. The fourth-order valence-electron chi connectivity index (χ4n) is 2.70. The first kappa shape index (κ1) is 14.1. The first-order valence-corrected chi connectivity index (χ1v) is 6.77. The number of hydrogen-bond acceptors (Lipinski definition) is 4. The van der Waals surface area contributed by atoms with Crippen molar-refractivity contribution in [2.24, 2.45) is 5.92 Å². The van der Waals surface area contributed by atoms with Crippen molar-refractivity contribution < 1.29 is 19.4 Å². The highest BCUT2D eigenvalue weighted by atomic mass is 16.4. The molecule has 3 N–H and O–H groups in total. The van der Waals surface area contributed by atoms with Gasteiger partial charge in [-0.1, -0.05) is 6.42 Å². The number of aromatic carboxylic acids is 1. The molecular formula is C14H21NO4. The van der Waals surface area contributed by atoms with Crippen molar-refractivity contribution in [2.75, 3.05) is 6.54 Å². The molecule has 1 aliphatic rings. The minimum Gasteiger partial charge on any atom is -0.475 e. The van der Waals surface area contributed by atoms with Crippen molar-refractivity contribution in [3.05, 3.63) is 23.2 Å². The molecule has 0 amide bonds. The van der Waals surface area contributed by atoms with E-state index in [1.54, 1.807) is 13.0 Å². The van der Waals surface area contributed by atoms with Crippen LogP contribution in [-0.4, -0.2) is 28.8 Å². The molecule has 1 aromatic rings. The van der Waals surface area contributed by atoms with E-state index in [0.717, 1.165) is 32.2 Å². The largest absolute Gasteiger partial charge is 0.475 e. The Hall–Kier alpha value is -1.33. The van der Waals surface area contributed by atoms with E-state index < -0.39 is 5.97 Å². The lowest BCUT2D eigenvalue weighted by Crippen LogP contribution is -2.28. The Bertz CT molecular complexity index is 441. The van der Waals surface area contributed by atoms with Crippen LogP contribution in [0.25, 0.3) is 0 Å². The standard InChI is InChI=1S/C14H21NO4/c1-9-5-12(19-13(9)14(17)18)8-15-7-10-3-2-4-11(16)6-10/h5,10-11,15-16H,2-4,6-8H2,1H3,(H,17,18). The predicted octanol–water partition coefficient (Wildman–Crippen LogP) is 1.93. The van der Waals surface area contributed by atoms with Crippen LogP contribution in [0, 0.1) is 12.8 Å². The van der Waals surface area contributed by atoms with Crippen LogP contribution < -0.4 is 5.32 Å². The maximum atomic E-state index is 10.9. The number of carboxylic acid groups (broad SMARTS) is 1. The number of aliphatic hydroxyl groups excluding tert-OH is 1.